The third kappa shape index (κ3) is 4.00. The first-order valence-electron chi connectivity index (χ1n) is 9.71. The van der Waals surface area contributed by atoms with Crippen molar-refractivity contribution in [2.24, 2.45) is 11.3 Å². The van der Waals surface area contributed by atoms with E-state index >= 15 is 0 Å². The van der Waals surface area contributed by atoms with E-state index in [1.807, 2.05) is 31.2 Å². The summed E-state index contributed by atoms with van der Waals surface area (Å²) in [5.41, 5.74) is 1.11. The van der Waals surface area contributed by atoms with Crippen molar-refractivity contribution in [3.8, 4) is 5.75 Å². The normalized spacial score (nSPS) is 22.6. The van der Waals surface area contributed by atoms with E-state index in [0.29, 0.717) is 17.9 Å². The molecule has 3 rings (SSSR count). The zero-order chi connectivity index (χ0) is 17.9. The summed E-state index contributed by atoms with van der Waals surface area (Å²) in [6.07, 6.45) is 6.53. The number of hydrogen-bond donors (Lipinski definition) is 0. The van der Waals surface area contributed by atoms with Gasteiger partial charge in [0.05, 0.1) is 6.61 Å². The molecule has 138 valence electrons. The van der Waals surface area contributed by atoms with E-state index in [1.54, 1.807) is 0 Å². The van der Waals surface area contributed by atoms with E-state index < -0.39 is 0 Å². The lowest BCUT2D eigenvalue weighted by molar-refractivity contribution is 0.0755. The van der Waals surface area contributed by atoms with Crippen LogP contribution >= 0.6 is 0 Å². The molecule has 1 saturated heterocycles. The molecule has 2 aliphatic rings. The molecule has 1 aliphatic carbocycles. The maximum absolute atomic E-state index is 13.0. The lowest BCUT2D eigenvalue weighted by Gasteiger charge is -2.39. The van der Waals surface area contributed by atoms with Gasteiger partial charge in [-0.15, -0.1) is 0 Å². The highest BCUT2D eigenvalue weighted by atomic mass is 16.5. The van der Waals surface area contributed by atoms with Crippen LogP contribution in [0.2, 0.25) is 0 Å². The molecule has 0 aromatic heterocycles. The number of rotatable bonds is 5. The molecule has 0 N–H and O–H groups in total. The summed E-state index contributed by atoms with van der Waals surface area (Å²) in [6, 6.07) is 7.61. The Hall–Kier alpha value is -1.55. The summed E-state index contributed by atoms with van der Waals surface area (Å²) in [5, 5.41) is 0. The minimum Gasteiger partial charge on any atom is -0.494 e. The fraction of sp³-hybridized carbons (Fsp3) is 0.667. The van der Waals surface area contributed by atoms with Gasteiger partial charge in [0, 0.05) is 25.2 Å². The third-order valence-electron chi connectivity index (χ3n) is 5.95. The first-order valence-corrected chi connectivity index (χ1v) is 9.71. The largest absolute Gasteiger partial charge is 0.494 e. The van der Waals surface area contributed by atoms with Crippen LogP contribution in [0.3, 0.4) is 0 Å². The van der Waals surface area contributed by atoms with Gasteiger partial charge < -0.3 is 14.5 Å². The van der Waals surface area contributed by atoms with Crippen molar-refractivity contribution in [2.75, 3.05) is 40.3 Å². The van der Waals surface area contributed by atoms with E-state index in [-0.39, 0.29) is 5.91 Å². The maximum atomic E-state index is 13.0. The number of benzene rings is 1. The molecular weight excluding hydrogens is 312 g/mol. The number of carbonyl (C=O) groups is 1. The predicted octanol–water partition coefficient (Wildman–Crippen LogP) is 3.67. The molecule has 1 aliphatic heterocycles. The first kappa shape index (κ1) is 18.2. The van der Waals surface area contributed by atoms with Crippen LogP contribution in [0.5, 0.6) is 5.75 Å². The molecule has 1 saturated carbocycles. The van der Waals surface area contributed by atoms with Gasteiger partial charge in [-0.2, -0.15) is 0 Å². The van der Waals surface area contributed by atoms with Crippen LogP contribution in [0, 0.1) is 11.3 Å². The molecule has 0 bridgehead atoms. The van der Waals surface area contributed by atoms with Gasteiger partial charge in [0.15, 0.2) is 0 Å². The average molecular weight is 344 g/mol. The Morgan fingerprint density at radius 2 is 1.88 bits per heavy atom. The van der Waals surface area contributed by atoms with Crippen molar-refractivity contribution in [3.63, 3.8) is 0 Å². The van der Waals surface area contributed by atoms with Crippen molar-refractivity contribution in [1.82, 2.24) is 9.80 Å². The van der Waals surface area contributed by atoms with Gasteiger partial charge >= 0.3 is 0 Å². The first-order chi connectivity index (χ1) is 12.0. The average Bonchev–Trinajstić information content (AvgIpc) is 2.93. The Morgan fingerprint density at radius 1 is 1.20 bits per heavy atom. The number of amides is 1. The molecule has 1 spiro atoms. The monoisotopic (exact) mass is 344 g/mol. The minimum atomic E-state index is 0.175. The van der Waals surface area contributed by atoms with Crippen LogP contribution in [-0.4, -0.2) is 56.0 Å². The molecule has 1 amide bonds. The lowest BCUT2D eigenvalue weighted by Crippen LogP contribution is -2.38. The van der Waals surface area contributed by atoms with Gasteiger partial charge in [-0.3, -0.25) is 4.79 Å². The molecule has 4 nitrogen and oxygen atoms in total. The number of ether oxygens (including phenoxy) is 1. The standard InChI is InChI=1S/C21H32N2O2/c1-4-25-19-10-8-17(9-11-19)20(24)23-15-18(14-22(2)3)21(16-23)12-6-5-7-13-21/h8-11,18H,4-7,12-16H2,1-3H3. The van der Waals surface area contributed by atoms with Crippen LogP contribution in [-0.2, 0) is 0 Å². The zero-order valence-electron chi connectivity index (χ0n) is 16.0. The van der Waals surface area contributed by atoms with Crippen LogP contribution in [0.25, 0.3) is 0 Å². The topological polar surface area (TPSA) is 32.8 Å². The van der Waals surface area contributed by atoms with Crippen LogP contribution in [0.15, 0.2) is 24.3 Å². The van der Waals surface area contributed by atoms with Crippen LogP contribution < -0.4 is 4.74 Å². The fourth-order valence-corrected chi connectivity index (χ4v) is 4.75. The number of likely N-dealkylation sites (tertiary alicyclic amines) is 1. The summed E-state index contributed by atoms with van der Waals surface area (Å²) in [7, 11) is 4.29. The molecule has 1 atom stereocenters. The second kappa shape index (κ2) is 7.77. The van der Waals surface area contributed by atoms with Gasteiger partial charge in [0.1, 0.15) is 5.75 Å². The SMILES string of the molecule is CCOc1ccc(C(=O)N2CC(CN(C)C)C3(CCCCC3)C2)cc1. The molecule has 1 aromatic rings. The minimum absolute atomic E-state index is 0.175. The van der Waals surface area contributed by atoms with Crippen molar-refractivity contribution in [3.05, 3.63) is 29.8 Å². The Morgan fingerprint density at radius 3 is 2.48 bits per heavy atom. The molecule has 2 fully saturated rings. The van der Waals surface area contributed by atoms with Crippen molar-refractivity contribution in [2.45, 2.75) is 39.0 Å². The summed E-state index contributed by atoms with van der Waals surface area (Å²) in [4.78, 5) is 17.4. The van der Waals surface area contributed by atoms with Crippen molar-refractivity contribution >= 4 is 5.91 Å². The Kier molecular flexibility index (Phi) is 5.67. The number of hydrogen-bond acceptors (Lipinski definition) is 3. The van der Waals surface area contributed by atoms with Gasteiger partial charge in [-0.1, -0.05) is 19.3 Å². The van der Waals surface area contributed by atoms with E-state index in [0.717, 1.165) is 30.9 Å². The van der Waals surface area contributed by atoms with Gasteiger partial charge in [0.2, 0.25) is 0 Å². The van der Waals surface area contributed by atoms with E-state index in [4.69, 9.17) is 4.74 Å². The highest BCUT2D eigenvalue weighted by Gasteiger charge is 2.48. The fourth-order valence-electron chi connectivity index (χ4n) is 4.75. The number of nitrogens with zero attached hydrogens (tertiary/aromatic N) is 2. The Balaban J connectivity index is 1.74. The predicted molar refractivity (Wildman–Crippen MR) is 101 cm³/mol. The summed E-state index contributed by atoms with van der Waals surface area (Å²) >= 11 is 0. The molecule has 1 aromatic carbocycles. The van der Waals surface area contributed by atoms with Gasteiger partial charge in [-0.25, -0.2) is 0 Å². The Labute approximate surface area is 152 Å². The number of carbonyl (C=O) groups excluding carboxylic acids is 1. The van der Waals surface area contributed by atoms with Crippen LogP contribution in [0.4, 0.5) is 0 Å². The molecular formula is C21H32N2O2. The summed E-state index contributed by atoms with van der Waals surface area (Å²) in [5.74, 6) is 1.60. The second-order valence-electron chi connectivity index (χ2n) is 8.03. The maximum Gasteiger partial charge on any atom is 0.253 e. The smallest absolute Gasteiger partial charge is 0.253 e. The molecule has 1 heterocycles. The molecule has 4 heteroatoms. The van der Waals surface area contributed by atoms with Crippen LogP contribution in [0.1, 0.15) is 49.4 Å². The van der Waals surface area contributed by atoms with Crippen molar-refractivity contribution in [1.29, 1.82) is 0 Å². The van der Waals surface area contributed by atoms with E-state index in [1.165, 1.54) is 32.1 Å². The van der Waals surface area contributed by atoms with Gasteiger partial charge in [0.25, 0.3) is 5.91 Å². The molecule has 25 heavy (non-hydrogen) atoms. The second-order valence-corrected chi connectivity index (χ2v) is 8.03. The highest BCUT2D eigenvalue weighted by Crippen LogP contribution is 2.48. The van der Waals surface area contributed by atoms with Crippen molar-refractivity contribution < 1.29 is 9.53 Å². The summed E-state index contributed by atoms with van der Waals surface area (Å²) in [6.45, 7) is 5.51. The third-order valence-corrected chi connectivity index (χ3v) is 5.95. The Bertz CT molecular complexity index is 576. The zero-order valence-corrected chi connectivity index (χ0v) is 16.0. The summed E-state index contributed by atoms with van der Waals surface area (Å²) < 4.78 is 5.49. The molecule has 0 radical (unpaired) electrons. The van der Waals surface area contributed by atoms with E-state index in [9.17, 15) is 4.79 Å². The lowest BCUT2D eigenvalue weighted by atomic mass is 9.67. The molecule has 1 unspecified atom stereocenters. The highest BCUT2D eigenvalue weighted by molar-refractivity contribution is 5.94. The quantitative estimate of drug-likeness (QED) is 0.817. The van der Waals surface area contributed by atoms with E-state index in [2.05, 4.69) is 23.9 Å². The van der Waals surface area contributed by atoms with Gasteiger partial charge in [-0.05, 0) is 69.5 Å².